The molecule has 0 unspecified atom stereocenters. The average Bonchev–Trinajstić information content (AvgIpc) is 3.03. The summed E-state index contributed by atoms with van der Waals surface area (Å²) in [6, 6.07) is 6.15. The molecule has 0 fully saturated rings. The van der Waals surface area contributed by atoms with Gasteiger partial charge < -0.3 is 37.9 Å². The molecule has 0 bridgehead atoms. The van der Waals surface area contributed by atoms with Crippen molar-refractivity contribution in [1.29, 1.82) is 0 Å². The number of aliphatic imine (C=N–C) groups is 2. The lowest BCUT2D eigenvalue weighted by molar-refractivity contribution is 0.0504. The number of methoxy groups -OCH3 is 6. The third kappa shape index (κ3) is 9.02. The molecule has 0 radical (unpaired) electrons. The SMILES string of the molecule is CN=C(CCOC(=O)c1cc(OC)c(OC)c(OC)c1)CCC(CCOC(=O)c1cc(OC)c(OC)c(OC)c1)=NC. The topological polar surface area (TPSA) is 133 Å². The van der Waals surface area contributed by atoms with Gasteiger partial charge in [-0.1, -0.05) is 0 Å². The molecule has 0 heterocycles. The van der Waals surface area contributed by atoms with Crippen molar-refractivity contribution < 1.29 is 47.5 Å². The maximum absolute atomic E-state index is 12.6. The highest BCUT2D eigenvalue weighted by Gasteiger charge is 2.19. The first-order valence-corrected chi connectivity index (χ1v) is 13.1. The summed E-state index contributed by atoms with van der Waals surface area (Å²) in [5, 5.41) is 0. The molecular formula is C30H40N2O10. The van der Waals surface area contributed by atoms with Crippen LogP contribution in [0, 0.1) is 0 Å². The molecule has 0 aliphatic rings. The smallest absolute Gasteiger partial charge is 0.338 e. The number of esters is 2. The molecule has 0 amide bonds. The van der Waals surface area contributed by atoms with E-state index in [1.54, 1.807) is 14.1 Å². The predicted octanol–water partition coefficient (Wildman–Crippen LogP) is 4.45. The lowest BCUT2D eigenvalue weighted by atomic mass is 10.1. The van der Waals surface area contributed by atoms with E-state index >= 15 is 0 Å². The summed E-state index contributed by atoms with van der Waals surface area (Å²) in [6.07, 6.45) is 2.15. The molecule has 0 N–H and O–H groups in total. The van der Waals surface area contributed by atoms with Crippen LogP contribution >= 0.6 is 0 Å². The van der Waals surface area contributed by atoms with Crippen molar-refractivity contribution in [1.82, 2.24) is 0 Å². The van der Waals surface area contributed by atoms with E-state index in [1.165, 1.54) is 66.9 Å². The summed E-state index contributed by atoms with van der Waals surface area (Å²) >= 11 is 0. The Morgan fingerprint density at radius 3 is 1.07 bits per heavy atom. The van der Waals surface area contributed by atoms with E-state index in [2.05, 4.69) is 9.98 Å². The van der Waals surface area contributed by atoms with Crippen LogP contribution in [0.1, 0.15) is 46.4 Å². The number of hydrogen-bond donors (Lipinski definition) is 0. The molecule has 0 saturated carbocycles. The van der Waals surface area contributed by atoms with Crippen LogP contribution < -0.4 is 28.4 Å². The second-order valence-corrected chi connectivity index (χ2v) is 8.68. The fourth-order valence-corrected chi connectivity index (χ4v) is 4.07. The minimum Gasteiger partial charge on any atom is -0.493 e. The molecular weight excluding hydrogens is 548 g/mol. The molecule has 2 aromatic rings. The summed E-state index contributed by atoms with van der Waals surface area (Å²) in [6.45, 7) is 0.292. The Morgan fingerprint density at radius 2 is 0.833 bits per heavy atom. The zero-order chi connectivity index (χ0) is 31.1. The van der Waals surface area contributed by atoms with Crippen LogP contribution in [0.3, 0.4) is 0 Å². The molecule has 230 valence electrons. The van der Waals surface area contributed by atoms with E-state index in [0.29, 0.717) is 60.2 Å². The number of nitrogens with zero attached hydrogens (tertiary/aromatic N) is 2. The van der Waals surface area contributed by atoms with Crippen LogP contribution in [0.25, 0.3) is 0 Å². The van der Waals surface area contributed by atoms with Crippen LogP contribution in [-0.4, -0.2) is 93.3 Å². The van der Waals surface area contributed by atoms with E-state index in [0.717, 1.165) is 11.4 Å². The van der Waals surface area contributed by atoms with E-state index in [1.807, 2.05) is 0 Å². The third-order valence-corrected chi connectivity index (χ3v) is 6.38. The molecule has 0 saturated heterocycles. The summed E-state index contributed by atoms with van der Waals surface area (Å²) in [7, 11) is 12.3. The van der Waals surface area contributed by atoms with Crippen molar-refractivity contribution in [2.75, 3.05) is 70.0 Å². The molecule has 12 heteroatoms. The Labute approximate surface area is 246 Å². The molecule has 0 spiro atoms. The number of carbonyl (C=O) groups excluding carboxylic acids is 2. The molecule has 2 aromatic carbocycles. The number of rotatable bonds is 17. The number of carbonyl (C=O) groups is 2. The van der Waals surface area contributed by atoms with Gasteiger partial charge in [0, 0.05) is 38.4 Å². The standard InChI is InChI=1S/C30H40N2O10/c1-31-21(11-13-41-29(33)19-15-23(35-3)27(39-7)24(16-19)36-4)9-10-22(32-2)12-14-42-30(34)20-17-25(37-5)28(40-8)26(18-20)38-6/h15-18H,9-14H2,1-8H3. The maximum Gasteiger partial charge on any atom is 0.338 e. The first-order chi connectivity index (χ1) is 20.3. The molecule has 0 atom stereocenters. The van der Waals surface area contributed by atoms with Gasteiger partial charge in [0.2, 0.25) is 11.5 Å². The lowest BCUT2D eigenvalue weighted by Crippen LogP contribution is -2.14. The molecule has 2 rings (SSSR count). The van der Waals surface area contributed by atoms with Gasteiger partial charge in [-0.3, -0.25) is 9.98 Å². The van der Waals surface area contributed by atoms with Gasteiger partial charge in [0.25, 0.3) is 0 Å². The number of hydrogen-bond acceptors (Lipinski definition) is 12. The second kappa shape index (κ2) is 17.4. The monoisotopic (exact) mass is 588 g/mol. The fraction of sp³-hybridized carbons (Fsp3) is 0.467. The van der Waals surface area contributed by atoms with Crippen LogP contribution in [0.15, 0.2) is 34.3 Å². The van der Waals surface area contributed by atoms with Gasteiger partial charge >= 0.3 is 11.9 Å². The van der Waals surface area contributed by atoms with Crippen LogP contribution in [-0.2, 0) is 9.47 Å². The lowest BCUT2D eigenvalue weighted by Gasteiger charge is -2.14. The Morgan fingerprint density at radius 1 is 0.524 bits per heavy atom. The predicted molar refractivity (Wildman–Crippen MR) is 158 cm³/mol. The summed E-state index contributed by atoms with van der Waals surface area (Å²) in [5.74, 6) is 1.19. The van der Waals surface area contributed by atoms with Gasteiger partial charge in [-0.15, -0.1) is 0 Å². The highest BCUT2D eigenvalue weighted by Crippen LogP contribution is 2.39. The molecule has 0 aromatic heterocycles. The van der Waals surface area contributed by atoms with Crippen LogP contribution in [0.4, 0.5) is 0 Å². The minimum atomic E-state index is -0.519. The minimum absolute atomic E-state index is 0.146. The highest BCUT2D eigenvalue weighted by molar-refractivity contribution is 5.94. The third-order valence-electron chi connectivity index (χ3n) is 6.38. The Bertz CT molecular complexity index is 1130. The average molecular weight is 589 g/mol. The van der Waals surface area contributed by atoms with Crippen molar-refractivity contribution in [3.05, 3.63) is 35.4 Å². The van der Waals surface area contributed by atoms with Gasteiger partial charge in [-0.25, -0.2) is 9.59 Å². The van der Waals surface area contributed by atoms with Crippen molar-refractivity contribution in [3.63, 3.8) is 0 Å². The highest BCUT2D eigenvalue weighted by atomic mass is 16.5. The van der Waals surface area contributed by atoms with Crippen molar-refractivity contribution in [3.8, 4) is 34.5 Å². The summed E-state index contributed by atoms with van der Waals surface area (Å²) < 4.78 is 42.7. The van der Waals surface area contributed by atoms with Gasteiger partial charge in [-0.05, 0) is 37.1 Å². The normalized spacial score (nSPS) is 11.4. The zero-order valence-electron chi connectivity index (χ0n) is 25.5. The first kappa shape index (κ1) is 33.7. The quantitative estimate of drug-likeness (QED) is 0.193. The van der Waals surface area contributed by atoms with Crippen LogP contribution in [0.5, 0.6) is 34.5 Å². The number of ether oxygens (including phenoxy) is 8. The Hall–Kier alpha value is -4.48. The second-order valence-electron chi connectivity index (χ2n) is 8.68. The Kier molecular flexibility index (Phi) is 13.9. The van der Waals surface area contributed by atoms with E-state index in [4.69, 9.17) is 37.9 Å². The molecule has 0 aliphatic heterocycles. The van der Waals surface area contributed by atoms with E-state index in [9.17, 15) is 9.59 Å². The number of benzene rings is 2. The summed E-state index contributed by atoms with van der Waals surface area (Å²) in [5.41, 5.74) is 2.29. The fourth-order valence-electron chi connectivity index (χ4n) is 4.07. The molecule has 42 heavy (non-hydrogen) atoms. The van der Waals surface area contributed by atoms with E-state index < -0.39 is 11.9 Å². The zero-order valence-corrected chi connectivity index (χ0v) is 25.5. The maximum atomic E-state index is 12.6. The van der Waals surface area contributed by atoms with Crippen molar-refractivity contribution in [2.45, 2.75) is 25.7 Å². The molecule has 0 aliphatic carbocycles. The molecule has 12 nitrogen and oxygen atoms in total. The largest absolute Gasteiger partial charge is 0.493 e. The Balaban J connectivity index is 1.86. The van der Waals surface area contributed by atoms with Gasteiger partial charge in [-0.2, -0.15) is 0 Å². The van der Waals surface area contributed by atoms with Crippen molar-refractivity contribution >= 4 is 23.4 Å². The van der Waals surface area contributed by atoms with Gasteiger partial charge in [0.15, 0.2) is 23.0 Å². The van der Waals surface area contributed by atoms with Gasteiger partial charge in [0.05, 0.1) is 67.0 Å². The first-order valence-electron chi connectivity index (χ1n) is 13.1. The van der Waals surface area contributed by atoms with Gasteiger partial charge in [0.1, 0.15) is 0 Å². The van der Waals surface area contributed by atoms with Crippen LogP contribution in [0.2, 0.25) is 0 Å². The summed E-state index contributed by atoms with van der Waals surface area (Å²) in [4.78, 5) is 34.0. The van der Waals surface area contributed by atoms with E-state index in [-0.39, 0.29) is 24.3 Å². The van der Waals surface area contributed by atoms with Crippen molar-refractivity contribution in [2.24, 2.45) is 9.98 Å².